The summed E-state index contributed by atoms with van der Waals surface area (Å²) in [5, 5.41) is 6.29. The van der Waals surface area contributed by atoms with Gasteiger partial charge in [0.25, 0.3) is 5.91 Å². The highest BCUT2D eigenvalue weighted by Gasteiger charge is 2.45. The van der Waals surface area contributed by atoms with Crippen molar-refractivity contribution in [2.24, 2.45) is 10.9 Å². The number of nitrogens with one attached hydrogen (secondary N) is 2. The molecule has 0 atom stereocenters. The van der Waals surface area contributed by atoms with Gasteiger partial charge in [0.05, 0.1) is 0 Å². The van der Waals surface area contributed by atoms with E-state index in [4.69, 9.17) is 9.73 Å². The van der Waals surface area contributed by atoms with Crippen LogP contribution in [0.25, 0.3) is 0 Å². The number of hydrogen-bond donors (Lipinski definition) is 2. The highest BCUT2D eigenvalue weighted by molar-refractivity contribution is 6.09. The molecule has 2 saturated heterocycles. The Morgan fingerprint density at radius 2 is 1.94 bits per heavy atom. The van der Waals surface area contributed by atoms with Gasteiger partial charge in [0.15, 0.2) is 0 Å². The number of nitrogens with zero attached hydrogens (tertiary/aromatic N) is 1. The quantitative estimate of drug-likeness (QED) is 0.678. The lowest BCUT2D eigenvalue weighted by Gasteiger charge is -2.28. The molecule has 1 spiro atoms. The first-order valence-electron chi connectivity index (χ1n) is 6.50. The molecule has 0 aromatic rings. The molecule has 2 fully saturated rings. The lowest BCUT2D eigenvalue weighted by Crippen LogP contribution is -2.47. The molecule has 0 bridgehead atoms. The average molecular weight is 237 g/mol. The second-order valence-electron chi connectivity index (χ2n) is 5.12. The number of ether oxygens (including phenoxy) is 1. The number of piperidine rings is 1. The number of carbonyl (C=O) groups excluding carboxylic acids is 1. The maximum atomic E-state index is 12.1. The fourth-order valence-corrected chi connectivity index (χ4v) is 2.89. The highest BCUT2D eigenvalue weighted by Crippen LogP contribution is 2.30. The van der Waals surface area contributed by atoms with Crippen LogP contribution in [-0.4, -0.2) is 43.6 Å². The Bertz CT molecular complexity index is 342. The molecule has 1 amide bonds. The van der Waals surface area contributed by atoms with Gasteiger partial charge in [-0.1, -0.05) is 0 Å². The van der Waals surface area contributed by atoms with Crippen LogP contribution in [0.3, 0.4) is 0 Å². The molecule has 0 saturated carbocycles. The molecule has 0 aromatic carbocycles. The Morgan fingerprint density at radius 1 is 1.24 bits per heavy atom. The van der Waals surface area contributed by atoms with Crippen LogP contribution >= 0.6 is 0 Å². The molecular formula is C12H19N3O2. The standard InChI is InChI=1S/C12H19N3O2/c16-11-12(3-5-13-6-4-12)15-10(14-11)9-1-7-17-8-2-9/h9,13H,1-8H2,(H,14,15,16). The van der Waals surface area contributed by atoms with Crippen molar-refractivity contribution in [3.8, 4) is 0 Å². The minimum atomic E-state index is -0.459. The van der Waals surface area contributed by atoms with Crippen molar-refractivity contribution in [3.05, 3.63) is 0 Å². The zero-order valence-electron chi connectivity index (χ0n) is 10.00. The average Bonchev–Trinajstić information content (AvgIpc) is 2.69. The molecule has 3 heterocycles. The van der Waals surface area contributed by atoms with Crippen LogP contribution in [0.5, 0.6) is 0 Å². The van der Waals surface area contributed by atoms with Crippen molar-refractivity contribution in [2.75, 3.05) is 26.3 Å². The van der Waals surface area contributed by atoms with Crippen LogP contribution in [0, 0.1) is 5.92 Å². The predicted molar refractivity (Wildman–Crippen MR) is 64.0 cm³/mol. The molecule has 2 N–H and O–H groups in total. The molecular weight excluding hydrogens is 218 g/mol. The topological polar surface area (TPSA) is 62.7 Å². The molecule has 0 radical (unpaired) electrons. The van der Waals surface area contributed by atoms with Gasteiger partial charge in [-0.2, -0.15) is 0 Å². The molecule has 3 rings (SSSR count). The van der Waals surface area contributed by atoms with Gasteiger partial charge >= 0.3 is 0 Å². The Balaban J connectivity index is 1.77. The SMILES string of the molecule is O=C1NC(C2CCOCC2)=NC12CCNCC2. The third kappa shape index (κ3) is 1.98. The van der Waals surface area contributed by atoms with E-state index in [0.717, 1.165) is 57.8 Å². The molecule has 5 heteroatoms. The number of rotatable bonds is 1. The summed E-state index contributed by atoms with van der Waals surface area (Å²) in [6.07, 6.45) is 3.61. The van der Waals surface area contributed by atoms with Crippen LogP contribution in [-0.2, 0) is 9.53 Å². The van der Waals surface area contributed by atoms with E-state index in [-0.39, 0.29) is 5.91 Å². The first-order valence-corrected chi connectivity index (χ1v) is 6.50. The minimum absolute atomic E-state index is 0.112. The van der Waals surface area contributed by atoms with E-state index in [1.165, 1.54) is 0 Å². The van der Waals surface area contributed by atoms with E-state index in [0.29, 0.717) is 5.92 Å². The normalized spacial score (nSPS) is 29.2. The summed E-state index contributed by atoms with van der Waals surface area (Å²) >= 11 is 0. The Morgan fingerprint density at radius 3 is 2.65 bits per heavy atom. The maximum Gasteiger partial charge on any atom is 0.253 e. The van der Waals surface area contributed by atoms with Crippen molar-refractivity contribution in [2.45, 2.75) is 31.2 Å². The lowest BCUT2D eigenvalue weighted by atomic mass is 9.89. The maximum absolute atomic E-state index is 12.1. The summed E-state index contributed by atoms with van der Waals surface area (Å²) in [5.74, 6) is 1.42. The Labute approximate surface area is 101 Å². The Kier molecular flexibility index (Phi) is 2.88. The van der Waals surface area contributed by atoms with Crippen molar-refractivity contribution in [1.82, 2.24) is 10.6 Å². The lowest BCUT2D eigenvalue weighted by molar-refractivity contribution is -0.124. The van der Waals surface area contributed by atoms with Crippen molar-refractivity contribution >= 4 is 11.7 Å². The third-order valence-corrected chi connectivity index (χ3v) is 4.04. The molecule has 3 aliphatic rings. The number of aliphatic imine (C=N–C) groups is 1. The summed E-state index contributed by atoms with van der Waals surface area (Å²) in [5.41, 5.74) is -0.459. The second kappa shape index (κ2) is 4.38. The summed E-state index contributed by atoms with van der Waals surface area (Å²) in [6, 6.07) is 0. The molecule has 0 unspecified atom stereocenters. The summed E-state index contributed by atoms with van der Waals surface area (Å²) in [6.45, 7) is 3.35. The van der Waals surface area contributed by atoms with E-state index in [9.17, 15) is 4.79 Å². The van der Waals surface area contributed by atoms with E-state index in [1.807, 2.05) is 0 Å². The van der Waals surface area contributed by atoms with Crippen LogP contribution in [0.15, 0.2) is 4.99 Å². The van der Waals surface area contributed by atoms with Gasteiger partial charge in [-0.15, -0.1) is 0 Å². The molecule has 17 heavy (non-hydrogen) atoms. The van der Waals surface area contributed by atoms with E-state index < -0.39 is 5.54 Å². The minimum Gasteiger partial charge on any atom is -0.381 e. The monoisotopic (exact) mass is 237 g/mol. The molecule has 94 valence electrons. The first-order chi connectivity index (χ1) is 8.30. The van der Waals surface area contributed by atoms with Crippen LogP contribution in [0.4, 0.5) is 0 Å². The van der Waals surface area contributed by atoms with E-state index in [2.05, 4.69) is 10.6 Å². The molecule has 5 nitrogen and oxygen atoms in total. The highest BCUT2D eigenvalue weighted by atomic mass is 16.5. The number of amidine groups is 1. The first kappa shape index (κ1) is 11.2. The molecule has 3 aliphatic heterocycles. The zero-order valence-corrected chi connectivity index (χ0v) is 10.00. The van der Waals surface area contributed by atoms with Gasteiger partial charge < -0.3 is 15.4 Å². The third-order valence-electron chi connectivity index (χ3n) is 4.04. The molecule has 0 aliphatic carbocycles. The fourth-order valence-electron chi connectivity index (χ4n) is 2.89. The summed E-state index contributed by atoms with van der Waals surface area (Å²) in [4.78, 5) is 16.9. The van der Waals surface area contributed by atoms with Gasteiger partial charge in [0.2, 0.25) is 0 Å². The van der Waals surface area contributed by atoms with E-state index >= 15 is 0 Å². The molecule has 0 aromatic heterocycles. The van der Waals surface area contributed by atoms with Gasteiger partial charge in [0.1, 0.15) is 11.4 Å². The van der Waals surface area contributed by atoms with E-state index in [1.54, 1.807) is 0 Å². The number of carbonyl (C=O) groups is 1. The van der Waals surface area contributed by atoms with Gasteiger partial charge in [-0.3, -0.25) is 9.79 Å². The van der Waals surface area contributed by atoms with Gasteiger partial charge in [0, 0.05) is 19.1 Å². The number of hydrogen-bond acceptors (Lipinski definition) is 4. The fraction of sp³-hybridized carbons (Fsp3) is 0.833. The predicted octanol–water partition coefficient (Wildman–Crippen LogP) is 0.0635. The summed E-state index contributed by atoms with van der Waals surface area (Å²) < 4.78 is 5.35. The Hall–Kier alpha value is -0.940. The van der Waals surface area contributed by atoms with Crippen molar-refractivity contribution in [3.63, 3.8) is 0 Å². The van der Waals surface area contributed by atoms with Crippen LogP contribution in [0.1, 0.15) is 25.7 Å². The second-order valence-corrected chi connectivity index (χ2v) is 5.12. The van der Waals surface area contributed by atoms with Crippen LogP contribution < -0.4 is 10.6 Å². The smallest absolute Gasteiger partial charge is 0.253 e. The van der Waals surface area contributed by atoms with Crippen molar-refractivity contribution < 1.29 is 9.53 Å². The largest absolute Gasteiger partial charge is 0.381 e. The zero-order chi connectivity index (χ0) is 11.7. The number of amides is 1. The van der Waals surface area contributed by atoms with Gasteiger partial charge in [-0.05, 0) is 38.8 Å². The van der Waals surface area contributed by atoms with Crippen LogP contribution in [0.2, 0.25) is 0 Å². The van der Waals surface area contributed by atoms with Crippen molar-refractivity contribution in [1.29, 1.82) is 0 Å². The van der Waals surface area contributed by atoms with Gasteiger partial charge in [-0.25, -0.2) is 0 Å². The summed E-state index contributed by atoms with van der Waals surface area (Å²) in [7, 11) is 0.